The molecule has 1 fully saturated rings. The van der Waals surface area contributed by atoms with Crippen LogP contribution in [-0.4, -0.2) is 13.2 Å². The first-order chi connectivity index (χ1) is 8.11. The second-order valence-electron chi connectivity index (χ2n) is 4.69. The Kier molecular flexibility index (Phi) is 3.48. The van der Waals surface area contributed by atoms with E-state index < -0.39 is 5.83 Å². The van der Waals surface area contributed by atoms with Crippen LogP contribution in [0.1, 0.15) is 23.5 Å². The highest BCUT2D eigenvalue weighted by Gasteiger charge is 2.38. The van der Waals surface area contributed by atoms with Crippen LogP contribution in [0.15, 0.2) is 30.6 Å². The molecule has 0 saturated heterocycles. The fourth-order valence-corrected chi connectivity index (χ4v) is 2.13. The zero-order valence-electron chi connectivity index (χ0n) is 10.1. The standard InChI is InChI=1S/C14H18FNO/c1-9-3-4-14(17-8-10(2)15)13(5-9)12-6-11(12)7-16/h3-5,11-12H,2,6-8,16H2,1H3. The Hall–Kier alpha value is -1.35. The van der Waals surface area contributed by atoms with Crippen LogP contribution in [0, 0.1) is 12.8 Å². The van der Waals surface area contributed by atoms with E-state index in [1.54, 1.807) is 0 Å². The molecule has 2 N–H and O–H groups in total. The summed E-state index contributed by atoms with van der Waals surface area (Å²) in [5.74, 6) is 1.33. The average Bonchev–Trinajstić information content (AvgIpc) is 3.06. The molecule has 1 aromatic rings. The molecule has 0 bridgehead atoms. The van der Waals surface area contributed by atoms with Gasteiger partial charge in [0.05, 0.1) is 0 Å². The van der Waals surface area contributed by atoms with Crippen LogP contribution in [-0.2, 0) is 0 Å². The third-order valence-corrected chi connectivity index (χ3v) is 3.17. The topological polar surface area (TPSA) is 35.2 Å². The van der Waals surface area contributed by atoms with Crippen molar-refractivity contribution in [2.75, 3.05) is 13.2 Å². The van der Waals surface area contributed by atoms with Crippen LogP contribution < -0.4 is 10.5 Å². The Bertz CT molecular complexity index is 430. The number of halogens is 1. The molecule has 1 aliphatic carbocycles. The lowest BCUT2D eigenvalue weighted by molar-refractivity contribution is 0.316. The molecule has 3 heteroatoms. The fraction of sp³-hybridized carbons (Fsp3) is 0.429. The summed E-state index contributed by atoms with van der Waals surface area (Å²) in [5.41, 5.74) is 8.00. The molecule has 2 atom stereocenters. The van der Waals surface area contributed by atoms with Crippen LogP contribution in [0.5, 0.6) is 5.75 Å². The zero-order chi connectivity index (χ0) is 12.4. The van der Waals surface area contributed by atoms with Gasteiger partial charge in [-0.3, -0.25) is 0 Å². The van der Waals surface area contributed by atoms with Gasteiger partial charge >= 0.3 is 0 Å². The first kappa shape index (κ1) is 12.1. The van der Waals surface area contributed by atoms with Crippen molar-refractivity contribution in [3.63, 3.8) is 0 Å². The van der Waals surface area contributed by atoms with Crippen molar-refractivity contribution >= 4 is 0 Å². The van der Waals surface area contributed by atoms with E-state index in [9.17, 15) is 4.39 Å². The molecule has 2 nitrogen and oxygen atoms in total. The van der Waals surface area contributed by atoms with Crippen molar-refractivity contribution in [2.24, 2.45) is 11.7 Å². The van der Waals surface area contributed by atoms with E-state index in [1.165, 1.54) is 5.56 Å². The molecular formula is C14H18FNO. The lowest BCUT2D eigenvalue weighted by Crippen LogP contribution is -2.04. The number of rotatable bonds is 5. The van der Waals surface area contributed by atoms with Gasteiger partial charge in [-0.1, -0.05) is 24.3 Å². The predicted molar refractivity (Wildman–Crippen MR) is 66.8 cm³/mol. The second kappa shape index (κ2) is 4.88. The highest BCUT2D eigenvalue weighted by molar-refractivity contribution is 5.42. The molecule has 0 aromatic heterocycles. The van der Waals surface area contributed by atoms with Crippen LogP contribution in [0.2, 0.25) is 0 Å². The predicted octanol–water partition coefficient (Wildman–Crippen LogP) is 2.92. The second-order valence-corrected chi connectivity index (χ2v) is 4.69. The van der Waals surface area contributed by atoms with Crippen LogP contribution in [0.3, 0.4) is 0 Å². The van der Waals surface area contributed by atoms with Gasteiger partial charge in [-0.25, -0.2) is 4.39 Å². The Morgan fingerprint density at radius 1 is 1.59 bits per heavy atom. The van der Waals surface area contributed by atoms with Gasteiger partial charge in [0.25, 0.3) is 0 Å². The van der Waals surface area contributed by atoms with Gasteiger partial charge in [-0.15, -0.1) is 0 Å². The summed E-state index contributed by atoms with van der Waals surface area (Å²) in [4.78, 5) is 0. The summed E-state index contributed by atoms with van der Waals surface area (Å²) in [6, 6.07) is 5.98. The van der Waals surface area contributed by atoms with E-state index in [0.717, 1.165) is 17.7 Å². The van der Waals surface area contributed by atoms with E-state index in [2.05, 4.69) is 12.6 Å². The summed E-state index contributed by atoms with van der Waals surface area (Å²) >= 11 is 0. The van der Waals surface area contributed by atoms with Crippen LogP contribution in [0.4, 0.5) is 4.39 Å². The van der Waals surface area contributed by atoms with E-state index >= 15 is 0 Å². The first-order valence-corrected chi connectivity index (χ1v) is 5.88. The fourth-order valence-electron chi connectivity index (χ4n) is 2.13. The van der Waals surface area contributed by atoms with Crippen molar-refractivity contribution in [2.45, 2.75) is 19.3 Å². The molecule has 2 unspecified atom stereocenters. The van der Waals surface area contributed by atoms with Crippen LogP contribution in [0.25, 0.3) is 0 Å². The largest absolute Gasteiger partial charge is 0.486 e. The SMILES string of the molecule is C=C(F)COc1ccc(C)cc1C1CC1CN. The Labute approximate surface area is 101 Å². The van der Waals surface area contributed by atoms with Crippen molar-refractivity contribution in [3.05, 3.63) is 41.7 Å². The molecule has 0 heterocycles. The normalized spacial score (nSPS) is 22.3. The Morgan fingerprint density at radius 2 is 2.35 bits per heavy atom. The summed E-state index contributed by atoms with van der Waals surface area (Å²) in [6.45, 7) is 5.87. The highest BCUT2D eigenvalue weighted by Crippen LogP contribution is 2.49. The molecule has 1 aromatic carbocycles. The number of benzene rings is 1. The van der Waals surface area contributed by atoms with Gasteiger partial charge in [-0.05, 0) is 43.4 Å². The Balaban J connectivity index is 2.16. The maximum absolute atomic E-state index is 12.6. The smallest absolute Gasteiger partial charge is 0.139 e. The lowest BCUT2D eigenvalue weighted by atomic mass is 10.0. The Morgan fingerprint density at radius 3 is 2.94 bits per heavy atom. The van der Waals surface area contributed by atoms with E-state index in [0.29, 0.717) is 18.4 Å². The summed E-state index contributed by atoms with van der Waals surface area (Å²) in [7, 11) is 0. The minimum absolute atomic E-state index is 0.0733. The van der Waals surface area contributed by atoms with Crippen molar-refractivity contribution in [3.8, 4) is 5.75 Å². The molecule has 0 spiro atoms. The minimum atomic E-state index is -0.456. The molecule has 2 rings (SSSR count). The highest BCUT2D eigenvalue weighted by atomic mass is 19.1. The molecule has 0 aliphatic heterocycles. The first-order valence-electron chi connectivity index (χ1n) is 5.88. The number of aryl methyl sites for hydroxylation is 1. The number of ether oxygens (including phenoxy) is 1. The average molecular weight is 235 g/mol. The summed E-state index contributed by atoms with van der Waals surface area (Å²) in [5, 5.41) is 0. The van der Waals surface area contributed by atoms with Gasteiger partial charge in [0.2, 0.25) is 0 Å². The molecule has 17 heavy (non-hydrogen) atoms. The van der Waals surface area contributed by atoms with Gasteiger partial charge in [0.15, 0.2) is 0 Å². The van der Waals surface area contributed by atoms with Gasteiger partial charge in [0.1, 0.15) is 18.2 Å². The maximum Gasteiger partial charge on any atom is 0.139 e. The van der Waals surface area contributed by atoms with Gasteiger partial charge in [0, 0.05) is 0 Å². The third-order valence-electron chi connectivity index (χ3n) is 3.17. The van der Waals surface area contributed by atoms with Crippen LogP contribution >= 0.6 is 0 Å². The molecule has 0 radical (unpaired) electrons. The third kappa shape index (κ3) is 2.86. The molecular weight excluding hydrogens is 217 g/mol. The van der Waals surface area contributed by atoms with Crippen molar-refractivity contribution < 1.29 is 9.13 Å². The van der Waals surface area contributed by atoms with Gasteiger partial charge in [-0.2, -0.15) is 0 Å². The molecule has 1 saturated carbocycles. The quantitative estimate of drug-likeness (QED) is 0.851. The van der Waals surface area contributed by atoms with E-state index in [-0.39, 0.29) is 6.61 Å². The lowest BCUT2D eigenvalue weighted by Gasteiger charge is -2.11. The van der Waals surface area contributed by atoms with Gasteiger partial charge < -0.3 is 10.5 Å². The summed E-state index contributed by atoms with van der Waals surface area (Å²) < 4.78 is 18.1. The summed E-state index contributed by atoms with van der Waals surface area (Å²) in [6.07, 6.45) is 1.10. The monoisotopic (exact) mass is 235 g/mol. The molecule has 0 amide bonds. The van der Waals surface area contributed by atoms with E-state index in [1.807, 2.05) is 19.1 Å². The van der Waals surface area contributed by atoms with E-state index in [4.69, 9.17) is 10.5 Å². The zero-order valence-corrected chi connectivity index (χ0v) is 10.1. The molecule has 1 aliphatic rings. The minimum Gasteiger partial charge on any atom is -0.486 e. The number of hydrogen-bond acceptors (Lipinski definition) is 2. The maximum atomic E-state index is 12.6. The number of nitrogens with two attached hydrogens (primary N) is 1. The number of hydrogen-bond donors (Lipinski definition) is 1. The molecule has 92 valence electrons. The van der Waals surface area contributed by atoms with Crippen molar-refractivity contribution in [1.29, 1.82) is 0 Å². The van der Waals surface area contributed by atoms with Crippen molar-refractivity contribution in [1.82, 2.24) is 0 Å².